The van der Waals surface area contributed by atoms with Crippen molar-refractivity contribution in [3.8, 4) is 11.4 Å². The molecule has 0 bridgehead atoms. The lowest BCUT2D eigenvalue weighted by Crippen LogP contribution is -2.28. The Balaban J connectivity index is 1.35. The second kappa shape index (κ2) is 8.96. The molecule has 1 amide bonds. The van der Waals surface area contributed by atoms with Crippen LogP contribution in [0, 0.1) is 5.82 Å². The first-order valence-corrected chi connectivity index (χ1v) is 10.4. The molecule has 4 rings (SSSR count). The van der Waals surface area contributed by atoms with Gasteiger partial charge in [-0.1, -0.05) is 30.0 Å². The molecule has 0 spiro atoms. The van der Waals surface area contributed by atoms with Crippen LogP contribution in [0.2, 0.25) is 0 Å². The van der Waals surface area contributed by atoms with E-state index in [0.717, 1.165) is 11.3 Å². The molecule has 0 saturated heterocycles. The molecular weight excluding hydrogens is 401 g/mol. The summed E-state index contributed by atoms with van der Waals surface area (Å²) in [4.78, 5) is 20.8. The number of nitrogens with one attached hydrogen (secondary N) is 1. The van der Waals surface area contributed by atoms with Crippen molar-refractivity contribution in [1.82, 2.24) is 24.4 Å². The fraction of sp³-hybridized carbons (Fsp3) is 0.136. The number of benzene rings is 2. The second-order valence-corrected chi connectivity index (χ2v) is 7.64. The fourth-order valence-electron chi connectivity index (χ4n) is 3.06. The smallest absolute Gasteiger partial charge is 0.230 e. The van der Waals surface area contributed by atoms with E-state index in [4.69, 9.17) is 0 Å². The van der Waals surface area contributed by atoms with Crippen LogP contribution < -0.4 is 5.32 Å². The van der Waals surface area contributed by atoms with E-state index in [1.54, 1.807) is 41.6 Å². The Kier molecular flexibility index (Phi) is 5.94. The lowest BCUT2D eigenvalue weighted by molar-refractivity contribution is -0.119. The van der Waals surface area contributed by atoms with Gasteiger partial charge in [0, 0.05) is 30.5 Å². The third kappa shape index (κ3) is 4.60. The van der Waals surface area contributed by atoms with Crippen molar-refractivity contribution in [3.63, 3.8) is 0 Å². The monoisotopic (exact) mass is 421 g/mol. The number of carbonyl (C=O) groups excluding carboxylic acids is 1. The third-order valence-corrected chi connectivity index (χ3v) is 5.57. The highest BCUT2D eigenvalue weighted by molar-refractivity contribution is 7.99. The topological polar surface area (TPSA) is 64.7 Å². The number of carbonyl (C=O) groups is 1. The Bertz CT molecular complexity index is 1120. The molecule has 2 aromatic carbocycles. The zero-order valence-electron chi connectivity index (χ0n) is 16.3. The van der Waals surface area contributed by atoms with Crippen LogP contribution in [-0.2, 0) is 4.79 Å². The number of imidazole rings is 2. The summed E-state index contributed by atoms with van der Waals surface area (Å²) in [7, 11) is 0. The van der Waals surface area contributed by atoms with Gasteiger partial charge in [0.1, 0.15) is 5.82 Å². The predicted octanol–water partition coefficient (Wildman–Crippen LogP) is 4.17. The minimum Gasteiger partial charge on any atom is -0.349 e. The van der Waals surface area contributed by atoms with Crippen LogP contribution in [0.1, 0.15) is 18.5 Å². The molecule has 0 aliphatic heterocycles. The molecule has 1 atom stereocenters. The molecule has 2 aromatic heterocycles. The maximum Gasteiger partial charge on any atom is 0.230 e. The van der Waals surface area contributed by atoms with Gasteiger partial charge in [0.15, 0.2) is 5.16 Å². The van der Waals surface area contributed by atoms with Gasteiger partial charge in [-0.2, -0.15) is 0 Å². The molecule has 152 valence electrons. The highest BCUT2D eigenvalue weighted by atomic mass is 32.2. The van der Waals surface area contributed by atoms with Gasteiger partial charge in [-0.25, -0.2) is 14.4 Å². The number of hydrogen-bond donors (Lipinski definition) is 1. The molecule has 0 radical (unpaired) electrons. The highest BCUT2D eigenvalue weighted by Gasteiger charge is 2.13. The Labute approximate surface area is 177 Å². The number of thioether (sulfide) groups is 1. The SMILES string of the molecule is C[C@H](NC(=O)CSc1nccn1-c1cccc(F)c1)c1ccc(-n2ccnc2)cc1. The van der Waals surface area contributed by atoms with Gasteiger partial charge < -0.3 is 9.88 Å². The van der Waals surface area contributed by atoms with Crippen molar-refractivity contribution in [2.45, 2.75) is 18.1 Å². The van der Waals surface area contributed by atoms with Gasteiger partial charge in [-0.15, -0.1) is 0 Å². The zero-order chi connectivity index (χ0) is 20.9. The van der Waals surface area contributed by atoms with E-state index in [1.807, 2.05) is 42.0 Å². The molecule has 6 nitrogen and oxygen atoms in total. The summed E-state index contributed by atoms with van der Waals surface area (Å²) < 4.78 is 17.2. The fourth-order valence-corrected chi connectivity index (χ4v) is 3.85. The lowest BCUT2D eigenvalue weighted by Gasteiger charge is -2.15. The van der Waals surface area contributed by atoms with Crippen LogP contribution in [0.4, 0.5) is 4.39 Å². The van der Waals surface area contributed by atoms with Gasteiger partial charge in [0.25, 0.3) is 0 Å². The molecule has 2 heterocycles. The second-order valence-electron chi connectivity index (χ2n) is 6.70. The number of aromatic nitrogens is 4. The van der Waals surface area contributed by atoms with Gasteiger partial charge in [-0.3, -0.25) is 9.36 Å². The molecule has 0 unspecified atom stereocenters. The number of halogens is 1. The van der Waals surface area contributed by atoms with Gasteiger partial charge >= 0.3 is 0 Å². The van der Waals surface area contributed by atoms with Gasteiger partial charge in [-0.05, 0) is 42.8 Å². The summed E-state index contributed by atoms with van der Waals surface area (Å²) in [5.41, 5.74) is 2.69. The number of hydrogen-bond acceptors (Lipinski definition) is 4. The van der Waals surface area contributed by atoms with Crippen molar-refractivity contribution in [1.29, 1.82) is 0 Å². The summed E-state index contributed by atoms with van der Waals surface area (Å²) in [5.74, 6) is -0.202. The van der Waals surface area contributed by atoms with Crippen LogP contribution >= 0.6 is 11.8 Å². The standard InChI is InChI=1S/C22H20FN5OS/c1-16(17-5-7-19(8-6-17)27-11-9-24-15-27)26-21(29)14-30-22-25-10-12-28(22)20-4-2-3-18(23)13-20/h2-13,15-16H,14H2,1H3,(H,26,29)/t16-/m0/s1. The molecule has 1 N–H and O–H groups in total. The van der Waals surface area contributed by atoms with Crippen molar-refractivity contribution in [3.05, 3.63) is 91.0 Å². The maximum absolute atomic E-state index is 13.5. The molecule has 0 fully saturated rings. The Morgan fingerprint density at radius 3 is 2.70 bits per heavy atom. The first-order chi connectivity index (χ1) is 14.6. The van der Waals surface area contributed by atoms with E-state index in [9.17, 15) is 9.18 Å². The van der Waals surface area contributed by atoms with Gasteiger partial charge in [0.05, 0.1) is 23.8 Å². The minimum atomic E-state index is -0.317. The van der Waals surface area contributed by atoms with Crippen molar-refractivity contribution in [2.24, 2.45) is 0 Å². The Hall–Kier alpha value is -3.39. The van der Waals surface area contributed by atoms with E-state index in [0.29, 0.717) is 10.8 Å². The van der Waals surface area contributed by atoms with E-state index < -0.39 is 0 Å². The number of nitrogens with zero attached hydrogens (tertiary/aromatic N) is 4. The van der Waals surface area contributed by atoms with Crippen LogP contribution in [0.3, 0.4) is 0 Å². The molecule has 30 heavy (non-hydrogen) atoms. The Morgan fingerprint density at radius 2 is 1.97 bits per heavy atom. The van der Waals surface area contributed by atoms with Gasteiger partial charge in [0.2, 0.25) is 5.91 Å². The average molecular weight is 422 g/mol. The largest absolute Gasteiger partial charge is 0.349 e. The summed E-state index contributed by atoms with van der Waals surface area (Å²) in [6.07, 6.45) is 8.74. The number of rotatable bonds is 7. The maximum atomic E-state index is 13.5. The first kappa shape index (κ1) is 19.9. The van der Waals surface area contributed by atoms with Crippen LogP contribution in [0.25, 0.3) is 11.4 Å². The van der Waals surface area contributed by atoms with E-state index in [1.165, 1.54) is 23.9 Å². The van der Waals surface area contributed by atoms with Crippen LogP contribution in [-0.4, -0.2) is 30.8 Å². The molecule has 4 aromatic rings. The van der Waals surface area contributed by atoms with Crippen molar-refractivity contribution < 1.29 is 9.18 Å². The summed E-state index contributed by atoms with van der Waals surface area (Å²) >= 11 is 1.31. The first-order valence-electron chi connectivity index (χ1n) is 9.40. The van der Waals surface area contributed by atoms with Crippen molar-refractivity contribution in [2.75, 3.05) is 5.75 Å². The minimum absolute atomic E-state index is 0.0972. The lowest BCUT2D eigenvalue weighted by atomic mass is 10.1. The zero-order valence-corrected chi connectivity index (χ0v) is 17.1. The molecule has 0 aliphatic rings. The van der Waals surface area contributed by atoms with E-state index >= 15 is 0 Å². The van der Waals surface area contributed by atoms with Crippen LogP contribution in [0.5, 0.6) is 0 Å². The third-order valence-electron chi connectivity index (χ3n) is 4.60. The summed E-state index contributed by atoms with van der Waals surface area (Å²) in [6, 6.07) is 14.1. The summed E-state index contributed by atoms with van der Waals surface area (Å²) in [6.45, 7) is 1.95. The highest BCUT2D eigenvalue weighted by Crippen LogP contribution is 2.21. The predicted molar refractivity (Wildman–Crippen MR) is 114 cm³/mol. The molecule has 8 heteroatoms. The van der Waals surface area contributed by atoms with Crippen LogP contribution in [0.15, 0.2) is 84.8 Å². The molecular formula is C22H20FN5OS. The molecule has 0 saturated carbocycles. The summed E-state index contributed by atoms with van der Waals surface area (Å²) in [5, 5.41) is 3.64. The van der Waals surface area contributed by atoms with E-state index in [2.05, 4.69) is 15.3 Å². The number of amides is 1. The van der Waals surface area contributed by atoms with Crippen molar-refractivity contribution >= 4 is 17.7 Å². The Morgan fingerprint density at radius 1 is 1.13 bits per heavy atom. The van der Waals surface area contributed by atoms with E-state index in [-0.39, 0.29) is 23.5 Å². The molecule has 0 aliphatic carbocycles. The normalized spacial score (nSPS) is 11.9. The quantitative estimate of drug-likeness (QED) is 0.455. The average Bonchev–Trinajstić information content (AvgIpc) is 3.44.